The summed E-state index contributed by atoms with van der Waals surface area (Å²) in [5, 5.41) is 7.04. The molecule has 0 N–H and O–H groups in total. The van der Waals surface area contributed by atoms with Crippen LogP contribution in [-0.4, -0.2) is 0 Å². The third-order valence-corrected chi connectivity index (χ3v) is 11.4. The first-order chi connectivity index (χ1) is 28.7. The van der Waals surface area contributed by atoms with Crippen molar-refractivity contribution >= 4 is 60.5 Å². The van der Waals surface area contributed by atoms with Crippen molar-refractivity contribution in [2.75, 3.05) is 4.90 Å². The van der Waals surface area contributed by atoms with E-state index in [1.807, 2.05) is 0 Å². The molecular weight excluding hydrogens is 703 g/mol. The molecule has 11 aromatic rings. The molecule has 0 unspecified atom stereocenters. The predicted molar refractivity (Wildman–Crippen MR) is 245 cm³/mol. The van der Waals surface area contributed by atoms with Gasteiger partial charge in [-0.15, -0.1) is 0 Å². The van der Waals surface area contributed by atoms with Gasteiger partial charge in [-0.1, -0.05) is 164 Å². The van der Waals surface area contributed by atoms with Gasteiger partial charge < -0.3 is 9.32 Å². The highest BCUT2D eigenvalue weighted by Gasteiger charge is 2.23. The summed E-state index contributed by atoms with van der Waals surface area (Å²) in [5.74, 6) is 0. The lowest BCUT2D eigenvalue weighted by Gasteiger charge is -2.27. The molecule has 0 aliphatic rings. The molecule has 58 heavy (non-hydrogen) atoms. The van der Waals surface area contributed by atoms with Crippen LogP contribution in [-0.2, 0) is 0 Å². The Labute approximate surface area is 337 Å². The number of rotatable bonds is 7. The second kappa shape index (κ2) is 14.1. The lowest BCUT2D eigenvalue weighted by atomic mass is 9.96. The number of benzene rings is 10. The van der Waals surface area contributed by atoms with E-state index >= 15 is 0 Å². The Bertz CT molecular complexity index is 3300. The van der Waals surface area contributed by atoms with E-state index < -0.39 is 0 Å². The molecule has 0 radical (unpaired) electrons. The van der Waals surface area contributed by atoms with Crippen molar-refractivity contribution in [1.29, 1.82) is 0 Å². The zero-order valence-electron chi connectivity index (χ0n) is 31.7. The molecular formula is C56H37NO. The van der Waals surface area contributed by atoms with Gasteiger partial charge in [-0.2, -0.15) is 0 Å². The number of para-hydroxylation sites is 1. The van der Waals surface area contributed by atoms with Crippen LogP contribution in [0.2, 0.25) is 0 Å². The molecule has 0 bridgehead atoms. The van der Waals surface area contributed by atoms with Crippen molar-refractivity contribution in [1.82, 2.24) is 0 Å². The van der Waals surface area contributed by atoms with Crippen molar-refractivity contribution in [2.45, 2.75) is 0 Å². The van der Waals surface area contributed by atoms with Crippen LogP contribution in [0.1, 0.15) is 0 Å². The van der Waals surface area contributed by atoms with Crippen LogP contribution >= 0.6 is 0 Å². The fourth-order valence-electron chi connectivity index (χ4n) is 8.54. The first kappa shape index (κ1) is 33.6. The Kier molecular flexibility index (Phi) is 8.19. The van der Waals surface area contributed by atoms with Gasteiger partial charge in [-0.05, 0) is 121 Å². The molecule has 2 nitrogen and oxygen atoms in total. The molecule has 0 aliphatic heterocycles. The average molecular weight is 740 g/mol. The first-order valence-corrected chi connectivity index (χ1v) is 19.8. The molecule has 0 fully saturated rings. The summed E-state index contributed by atoms with van der Waals surface area (Å²) >= 11 is 0. The summed E-state index contributed by atoms with van der Waals surface area (Å²) in [6.07, 6.45) is 0. The summed E-state index contributed by atoms with van der Waals surface area (Å²) in [4.78, 5) is 2.41. The molecule has 0 atom stereocenters. The number of fused-ring (bicyclic) bond motifs is 5. The van der Waals surface area contributed by atoms with Gasteiger partial charge in [0.15, 0.2) is 0 Å². The van der Waals surface area contributed by atoms with Gasteiger partial charge >= 0.3 is 0 Å². The van der Waals surface area contributed by atoms with Crippen molar-refractivity contribution in [3.05, 3.63) is 224 Å². The highest BCUT2D eigenvalue weighted by Crippen LogP contribution is 2.47. The van der Waals surface area contributed by atoms with Gasteiger partial charge in [-0.3, -0.25) is 0 Å². The molecule has 272 valence electrons. The highest BCUT2D eigenvalue weighted by atomic mass is 16.3. The van der Waals surface area contributed by atoms with Crippen LogP contribution in [0.15, 0.2) is 229 Å². The standard InChI is InChI=1S/C56H37NO/c1-2-13-38(14-3-1)43-19-10-20-44(33-43)45-21-11-23-49(36-45)57(50-24-12-22-46(37-50)47-29-27-39-15-4-6-17-41(39)34-47)53-32-31-51(48-30-28-40-16-5-7-18-42(40)35-48)56-55(53)52-25-8-9-26-54(52)58-56/h1-37H. The van der Waals surface area contributed by atoms with E-state index in [1.165, 1.54) is 43.8 Å². The number of nitrogens with zero attached hydrogens (tertiary/aromatic N) is 1. The van der Waals surface area contributed by atoms with Crippen LogP contribution in [0.25, 0.3) is 88.0 Å². The fourth-order valence-corrected chi connectivity index (χ4v) is 8.54. The number of anilines is 3. The molecule has 0 amide bonds. The Morgan fingerprint density at radius 1 is 0.310 bits per heavy atom. The minimum Gasteiger partial charge on any atom is -0.455 e. The molecule has 10 aromatic carbocycles. The third-order valence-electron chi connectivity index (χ3n) is 11.4. The maximum Gasteiger partial charge on any atom is 0.145 e. The van der Waals surface area contributed by atoms with Crippen LogP contribution in [0.5, 0.6) is 0 Å². The molecule has 0 saturated heterocycles. The zero-order valence-corrected chi connectivity index (χ0v) is 31.7. The van der Waals surface area contributed by atoms with Crippen molar-refractivity contribution in [3.8, 4) is 44.5 Å². The maximum absolute atomic E-state index is 6.87. The van der Waals surface area contributed by atoms with Gasteiger partial charge in [0.05, 0.1) is 11.1 Å². The Morgan fingerprint density at radius 3 is 1.50 bits per heavy atom. The van der Waals surface area contributed by atoms with Crippen LogP contribution in [0, 0.1) is 0 Å². The van der Waals surface area contributed by atoms with Crippen molar-refractivity contribution in [2.24, 2.45) is 0 Å². The van der Waals surface area contributed by atoms with Crippen molar-refractivity contribution < 1.29 is 4.42 Å². The fraction of sp³-hybridized carbons (Fsp3) is 0. The molecule has 0 saturated carbocycles. The molecule has 1 heterocycles. The minimum atomic E-state index is 0.864. The topological polar surface area (TPSA) is 16.4 Å². The van der Waals surface area contributed by atoms with E-state index in [9.17, 15) is 0 Å². The van der Waals surface area contributed by atoms with Gasteiger partial charge in [-0.25, -0.2) is 0 Å². The Morgan fingerprint density at radius 2 is 0.810 bits per heavy atom. The lowest BCUT2D eigenvalue weighted by molar-refractivity contribution is 0.670. The summed E-state index contributed by atoms with van der Waals surface area (Å²) in [6.45, 7) is 0. The Hall–Kier alpha value is -7.68. The SMILES string of the molecule is c1ccc(-c2cccc(-c3cccc(N(c4cccc(-c5ccc6ccccc6c5)c4)c4ccc(-c5ccc6ccccc6c5)c5oc6ccccc6c45)c3)c2)cc1. The summed E-state index contributed by atoms with van der Waals surface area (Å²) in [6, 6.07) is 80.7. The first-order valence-electron chi connectivity index (χ1n) is 19.8. The van der Waals surface area contributed by atoms with E-state index in [4.69, 9.17) is 4.42 Å². The summed E-state index contributed by atoms with van der Waals surface area (Å²) < 4.78 is 6.87. The normalized spacial score (nSPS) is 11.4. The average Bonchev–Trinajstić information content (AvgIpc) is 3.69. The highest BCUT2D eigenvalue weighted by molar-refractivity contribution is 6.17. The van der Waals surface area contributed by atoms with Crippen LogP contribution in [0.4, 0.5) is 17.1 Å². The quantitative estimate of drug-likeness (QED) is 0.162. The van der Waals surface area contributed by atoms with E-state index in [2.05, 4.69) is 229 Å². The third kappa shape index (κ3) is 6.00. The van der Waals surface area contributed by atoms with E-state index in [-0.39, 0.29) is 0 Å². The second-order valence-corrected chi connectivity index (χ2v) is 14.9. The van der Waals surface area contributed by atoms with Gasteiger partial charge in [0.1, 0.15) is 11.2 Å². The predicted octanol–water partition coefficient (Wildman–Crippen LogP) is 16.0. The number of hydrogen-bond donors (Lipinski definition) is 0. The molecule has 2 heteroatoms. The maximum atomic E-state index is 6.87. The van der Waals surface area contributed by atoms with E-state index in [0.29, 0.717) is 0 Å². The molecule has 11 rings (SSSR count). The van der Waals surface area contributed by atoms with Gasteiger partial charge in [0, 0.05) is 22.3 Å². The Balaban J connectivity index is 1.13. The second-order valence-electron chi connectivity index (χ2n) is 14.9. The minimum absolute atomic E-state index is 0.864. The molecule has 0 spiro atoms. The zero-order chi connectivity index (χ0) is 38.4. The lowest BCUT2D eigenvalue weighted by Crippen LogP contribution is -2.10. The summed E-state index contributed by atoms with van der Waals surface area (Å²) in [5.41, 5.74) is 14.1. The van der Waals surface area contributed by atoms with Gasteiger partial charge in [0.25, 0.3) is 0 Å². The van der Waals surface area contributed by atoms with Crippen LogP contribution in [0.3, 0.4) is 0 Å². The van der Waals surface area contributed by atoms with Gasteiger partial charge in [0.2, 0.25) is 0 Å². The molecule has 1 aromatic heterocycles. The van der Waals surface area contributed by atoms with Crippen molar-refractivity contribution in [3.63, 3.8) is 0 Å². The number of hydrogen-bond acceptors (Lipinski definition) is 2. The number of furan rings is 1. The summed E-state index contributed by atoms with van der Waals surface area (Å²) in [7, 11) is 0. The largest absolute Gasteiger partial charge is 0.455 e. The van der Waals surface area contributed by atoms with E-state index in [0.717, 1.165) is 61.3 Å². The monoisotopic (exact) mass is 739 g/mol. The molecule has 0 aliphatic carbocycles. The van der Waals surface area contributed by atoms with E-state index in [1.54, 1.807) is 0 Å². The van der Waals surface area contributed by atoms with Crippen LogP contribution < -0.4 is 4.90 Å². The smallest absolute Gasteiger partial charge is 0.145 e.